The van der Waals surface area contributed by atoms with Crippen molar-refractivity contribution in [2.75, 3.05) is 20.6 Å². The van der Waals surface area contributed by atoms with E-state index in [4.69, 9.17) is 5.11 Å². The third-order valence-electron chi connectivity index (χ3n) is 3.30. The number of aliphatic hydroxyl groups is 1. The van der Waals surface area contributed by atoms with Crippen molar-refractivity contribution >= 4 is 35.6 Å². The molecule has 2 aromatic rings. The number of halogens is 2. The molecule has 130 valence electrons. The van der Waals surface area contributed by atoms with Crippen LogP contribution in [-0.2, 0) is 28.3 Å². The van der Waals surface area contributed by atoms with Gasteiger partial charge in [-0.1, -0.05) is 42.5 Å². The zero-order valence-electron chi connectivity index (χ0n) is 14.0. The van der Waals surface area contributed by atoms with E-state index in [9.17, 15) is 0 Å². The first kappa shape index (κ1) is 25.6. The van der Waals surface area contributed by atoms with Gasteiger partial charge in [0.25, 0.3) is 0 Å². The van der Waals surface area contributed by atoms with Crippen molar-refractivity contribution in [3.8, 4) is 0 Å². The largest absolute Gasteiger partial charge is 0.392 e. The molecule has 0 saturated carbocycles. The number of benzene rings is 2. The summed E-state index contributed by atoms with van der Waals surface area (Å²) in [6.45, 7) is 1.14. The van der Waals surface area contributed by atoms with Crippen LogP contribution in [0.4, 0.5) is 0 Å². The average Bonchev–Trinajstić information content (AvgIpc) is 2.99. The molecule has 1 aliphatic rings. The Bertz CT molecular complexity index is 651. The fraction of sp³-hybridized carbons (Fsp3) is 0.263. The van der Waals surface area contributed by atoms with E-state index in [1.165, 1.54) is 11.0 Å². The van der Waals surface area contributed by atoms with Crippen LogP contribution in [0, 0.1) is 6.08 Å². The predicted octanol–water partition coefficient (Wildman–Crippen LogP) is 4.41. The van der Waals surface area contributed by atoms with Crippen molar-refractivity contribution < 1.29 is 26.8 Å². The molecule has 0 bridgehead atoms. The molecule has 24 heavy (non-hydrogen) atoms. The Morgan fingerprint density at radius 2 is 1.71 bits per heavy atom. The first-order valence-electron chi connectivity index (χ1n) is 7.19. The van der Waals surface area contributed by atoms with Crippen molar-refractivity contribution in [3.63, 3.8) is 0 Å². The number of nitrogens with zero attached hydrogens (tertiary/aromatic N) is 1. The summed E-state index contributed by atoms with van der Waals surface area (Å²) >= 11 is 0. The smallest absolute Gasteiger partial charge is 0.0687 e. The zero-order valence-corrected chi connectivity index (χ0v) is 17.2. The molecule has 0 aliphatic heterocycles. The summed E-state index contributed by atoms with van der Waals surface area (Å²) in [5, 5.41) is 11.4. The molecule has 2 aromatic carbocycles. The van der Waals surface area contributed by atoms with Crippen LogP contribution in [0.5, 0.6) is 0 Å². The second-order valence-electron chi connectivity index (χ2n) is 5.34. The summed E-state index contributed by atoms with van der Waals surface area (Å²) in [7, 11) is 4.14. The molecule has 2 nitrogen and oxygen atoms in total. The first-order chi connectivity index (χ1) is 10.2. The molecule has 0 heterocycles. The third-order valence-corrected chi connectivity index (χ3v) is 3.30. The zero-order chi connectivity index (χ0) is 15.1. The normalized spacial score (nSPS) is 11.6. The quantitative estimate of drug-likeness (QED) is 0.609. The average molecular weight is 401 g/mol. The summed E-state index contributed by atoms with van der Waals surface area (Å²) < 4.78 is 0. The molecule has 0 saturated heterocycles. The van der Waals surface area contributed by atoms with E-state index in [1.54, 1.807) is 0 Å². The van der Waals surface area contributed by atoms with Gasteiger partial charge in [0.05, 0.1) is 6.61 Å². The van der Waals surface area contributed by atoms with Gasteiger partial charge in [-0.05, 0) is 37.0 Å². The van der Waals surface area contributed by atoms with Gasteiger partial charge in [-0.15, -0.1) is 31.2 Å². The van der Waals surface area contributed by atoms with Crippen LogP contribution in [0.25, 0.3) is 10.8 Å². The fourth-order valence-electron chi connectivity index (χ4n) is 2.33. The topological polar surface area (TPSA) is 23.5 Å². The van der Waals surface area contributed by atoms with Crippen LogP contribution in [-0.4, -0.2) is 30.6 Å². The summed E-state index contributed by atoms with van der Waals surface area (Å²) in [6, 6.07) is 14.0. The molecular weight excluding hydrogens is 377 g/mol. The molecule has 0 atom stereocenters. The monoisotopic (exact) mass is 400 g/mol. The van der Waals surface area contributed by atoms with Crippen LogP contribution in [0.2, 0.25) is 0 Å². The molecule has 0 fully saturated rings. The Labute approximate surface area is 172 Å². The van der Waals surface area contributed by atoms with Gasteiger partial charge in [-0.25, -0.2) is 11.6 Å². The molecule has 0 amide bonds. The summed E-state index contributed by atoms with van der Waals surface area (Å²) in [4.78, 5) is 2.15. The van der Waals surface area contributed by atoms with E-state index in [-0.39, 0.29) is 53.1 Å². The number of aliphatic hydroxyl groups excluding tert-OH is 1. The van der Waals surface area contributed by atoms with Gasteiger partial charge in [0.15, 0.2) is 0 Å². The van der Waals surface area contributed by atoms with Crippen LogP contribution < -0.4 is 0 Å². The predicted molar refractivity (Wildman–Crippen MR) is 103 cm³/mol. The second kappa shape index (κ2) is 13.7. The third kappa shape index (κ3) is 7.98. The minimum atomic E-state index is 0. The molecule has 0 aromatic heterocycles. The number of hydrogen-bond acceptors (Lipinski definition) is 2. The molecule has 5 heteroatoms. The Morgan fingerprint density at radius 3 is 2.29 bits per heavy atom. The Kier molecular flexibility index (Phi) is 14.6. The van der Waals surface area contributed by atoms with E-state index in [2.05, 4.69) is 49.4 Å². The van der Waals surface area contributed by atoms with Crippen LogP contribution >= 0.6 is 24.8 Å². The van der Waals surface area contributed by atoms with Crippen LogP contribution in [0.1, 0.15) is 12.0 Å². The van der Waals surface area contributed by atoms with Gasteiger partial charge in [-0.3, -0.25) is 6.08 Å². The van der Waals surface area contributed by atoms with E-state index in [0.717, 1.165) is 23.9 Å². The maximum atomic E-state index is 9.04. The molecule has 0 spiro atoms. The minimum Gasteiger partial charge on any atom is -0.392 e. The summed E-state index contributed by atoms with van der Waals surface area (Å²) in [5.41, 5.74) is 2.31. The van der Waals surface area contributed by atoms with Crippen molar-refractivity contribution in [2.24, 2.45) is 0 Å². The number of likely N-dealkylation sites (N-methyl/N-ethyl adjacent to an activating group) is 1. The standard InChI is InChI=1S/C11H10O.C8H12N.2ClH.Ti/c12-8-10-6-3-5-9-4-1-2-7-11(9)10;1-9(2)7-8-5-3-4-6-8;;;/h1-7,12H,8H2;3,5H,4,7H2,1-2H3;2*1H;/q;-1;;;. The Morgan fingerprint density at radius 1 is 1.04 bits per heavy atom. The van der Waals surface area contributed by atoms with E-state index in [0.29, 0.717) is 0 Å². The van der Waals surface area contributed by atoms with Gasteiger partial charge < -0.3 is 10.0 Å². The number of rotatable bonds is 3. The minimum absolute atomic E-state index is 0. The van der Waals surface area contributed by atoms with Crippen LogP contribution in [0.3, 0.4) is 0 Å². The van der Waals surface area contributed by atoms with Gasteiger partial charge in [0.1, 0.15) is 0 Å². The second-order valence-corrected chi connectivity index (χ2v) is 5.34. The van der Waals surface area contributed by atoms with Gasteiger partial charge >= 0.3 is 0 Å². The SMILES string of the molecule is CN(C)CC1=[C-]CC=C1.Cl.Cl.OCc1cccc2ccccc12.[Ti]. The van der Waals surface area contributed by atoms with Crippen LogP contribution in [0.15, 0.2) is 60.2 Å². The van der Waals surface area contributed by atoms with Crippen molar-refractivity contribution in [3.05, 3.63) is 71.8 Å². The van der Waals surface area contributed by atoms with Gasteiger partial charge in [-0.2, -0.15) is 6.08 Å². The van der Waals surface area contributed by atoms with E-state index < -0.39 is 0 Å². The molecule has 0 radical (unpaired) electrons. The Hall–Kier alpha value is -0.606. The van der Waals surface area contributed by atoms with E-state index >= 15 is 0 Å². The van der Waals surface area contributed by atoms with Gasteiger partial charge in [0, 0.05) is 21.7 Å². The maximum absolute atomic E-state index is 9.04. The molecular formula is C19H24Cl2NOTi-. The number of fused-ring (bicyclic) bond motifs is 1. The van der Waals surface area contributed by atoms with Crippen molar-refractivity contribution in [1.29, 1.82) is 0 Å². The fourth-order valence-corrected chi connectivity index (χ4v) is 2.33. The van der Waals surface area contributed by atoms with Crippen molar-refractivity contribution in [2.45, 2.75) is 13.0 Å². The number of allylic oxidation sites excluding steroid dienone is 2. The molecule has 0 unspecified atom stereocenters. The van der Waals surface area contributed by atoms with Gasteiger partial charge in [0.2, 0.25) is 0 Å². The van der Waals surface area contributed by atoms with E-state index in [1.807, 2.05) is 30.3 Å². The summed E-state index contributed by atoms with van der Waals surface area (Å²) in [6.07, 6.45) is 8.53. The maximum Gasteiger partial charge on any atom is 0.0687 e. The molecule has 1 aliphatic carbocycles. The molecule has 1 N–H and O–H groups in total. The number of hydrogen-bond donors (Lipinski definition) is 1. The molecule has 3 rings (SSSR count). The first-order valence-corrected chi connectivity index (χ1v) is 7.19. The van der Waals surface area contributed by atoms with Crippen molar-refractivity contribution in [1.82, 2.24) is 4.90 Å². The Balaban J connectivity index is 0. The summed E-state index contributed by atoms with van der Waals surface area (Å²) in [5.74, 6) is 0.